The van der Waals surface area contributed by atoms with E-state index < -0.39 is 36.4 Å². The Morgan fingerprint density at radius 1 is 1.18 bits per heavy atom. The summed E-state index contributed by atoms with van der Waals surface area (Å²) >= 11 is 0. The third-order valence-corrected chi connectivity index (χ3v) is 2.61. The Bertz CT molecular complexity index is 351. The van der Waals surface area contributed by atoms with Crippen LogP contribution in [0.3, 0.4) is 0 Å². The summed E-state index contributed by atoms with van der Waals surface area (Å²) in [5.41, 5.74) is 0. The van der Waals surface area contributed by atoms with Crippen molar-refractivity contribution in [2.75, 3.05) is 13.2 Å². The third-order valence-electron chi connectivity index (χ3n) is 2.61. The maximum Gasteiger partial charge on any atom is 0.331 e. The number of carboxylic acids is 1. The molecule has 0 bridgehead atoms. The highest BCUT2D eigenvalue weighted by atomic mass is 16.6. The average molecular weight is 244 g/mol. The van der Waals surface area contributed by atoms with Crippen molar-refractivity contribution in [3.8, 4) is 0 Å². The van der Waals surface area contributed by atoms with Crippen LogP contribution >= 0.6 is 0 Å². The molecular formula is C10H12O7. The highest BCUT2D eigenvalue weighted by Gasteiger charge is 2.48. The third kappa shape index (κ3) is 2.63. The van der Waals surface area contributed by atoms with E-state index in [1.807, 2.05) is 0 Å². The standard InChI is InChI=1S/C10H12O7/c11-5-3-15-10-6(4-16-9(5)10)17-8(14)2-1-7(12)13/h1-2,5-6,9-11H,3-4H2,(H,12,13)/b2-1+/t5-,6+,9+,10+/m0/s1. The summed E-state index contributed by atoms with van der Waals surface area (Å²) in [4.78, 5) is 21.4. The Balaban J connectivity index is 1.88. The van der Waals surface area contributed by atoms with Crippen molar-refractivity contribution in [3.05, 3.63) is 12.2 Å². The van der Waals surface area contributed by atoms with Crippen molar-refractivity contribution in [2.24, 2.45) is 0 Å². The first-order valence-electron chi connectivity index (χ1n) is 5.11. The molecule has 2 aliphatic heterocycles. The van der Waals surface area contributed by atoms with Crippen LogP contribution in [0.2, 0.25) is 0 Å². The number of aliphatic carboxylic acids is 1. The molecule has 7 heteroatoms. The predicted molar refractivity (Wildman–Crippen MR) is 52.1 cm³/mol. The van der Waals surface area contributed by atoms with E-state index in [-0.39, 0.29) is 13.2 Å². The Morgan fingerprint density at radius 3 is 2.59 bits per heavy atom. The SMILES string of the molecule is O=C(O)/C=C/C(=O)O[C@@H]1CO[C@H]2[C@@H]1OC[C@@H]2O. The molecule has 2 fully saturated rings. The van der Waals surface area contributed by atoms with Crippen molar-refractivity contribution in [1.29, 1.82) is 0 Å². The van der Waals surface area contributed by atoms with Crippen molar-refractivity contribution < 1.29 is 34.0 Å². The van der Waals surface area contributed by atoms with Crippen molar-refractivity contribution in [1.82, 2.24) is 0 Å². The molecule has 4 atom stereocenters. The van der Waals surface area contributed by atoms with Gasteiger partial charge in [0.25, 0.3) is 0 Å². The molecule has 2 saturated heterocycles. The number of rotatable bonds is 3. The van der Waals surface area contributed by atoms with Gasteiger partial charge < -0.3 is 24.4 Å². The maximum atomic E-state index is 11.2. The number of aliphatic hydroxyl groups is 1. The van der Waals surface area contributed by atoms with Crippen LogP contribution in [-0.4, -0.2) is 59.8 Å². The molecule has 0 unspecified atom stereocenters. The van der Waals surface area contributed by atoms with Gasteiger partial charge in [0.2, 0.25) is 0 Å². The first-order valence-corrected chi connectivity index (χ1v) is 5.11. The van der Waals surface area contributed by atoms with Gasteiger partial charge in [-0.15, -0.1) is 0 Å². The van der Waals surface area contributed by atoms with Gasteiger partial charge in [-0.25, -0.2) is 9.59 Å². The molecule has 17 heavy (non-hydrogen) atoms. The minimum Gasteiger partial charge on any atom is -0.478 e. The number of hydrogen-bond acceptors (Lipinski definition) is 6. The maximum absolute atomic E-state index is 11.2. The zero-order valence-corrected chi connectivity index (χ0v) is 8.81. The van der Waals surface area contributed by atoms with E-state index in [0.717, 1.165) is 6.08 Å². The molecule has 0 radical (unpaired) electrons. The van der Waals surface area contributed by atoms with E-state index in [4.69, 9.17) is 19.3 Å². The first kappa shape index (κ1) is 12.0. The number of carboxylic acid groups (broad SMARTS) is 1. The summed E-state index contributed by atoms with van der Waals surface area (Å²) in [5, 5.41) is 17.8. The number of aliphatic hydroxyl groups excluding tert-OH is 1. The molecule has 0 aromatic heterocycles. The molecule has 2 aliphatic rings. The van der Waals surface area contributed by atoms with Crippen molar-refractivity contribution in [2.45, 2.75) is 24.4 Å². The molecule has 2 heterocycles. The minimum absolute atomic E-state index is 0.138. The number of fused-ring (bicyclic) bond motifs is 1. The van der Waals surface area contributed by atoms with E-state index in [9.17, 15) is 14.7 Å². The highest BCUT2D eigenvalue weighted by Crippen LogP contribution is 2.28. The van der Waals surface area contributed by atoms with Crippen LogP contribution in [0.4, 0.5) is 0 Å². The Hall–Kier alpha value is -1.44. The van der Waals surface area contributed by atoms with Crippen LogP contribution in [0.1, 0.15) is 0 Å². The summed E-state index contributed by atoms with van der Waals surface area (Å²) in [6, 6.07) is 0. The van der Waals surface area contributed by atoms with Crippen molar-refractivity contribution >= 4 is 11.9 Å². The normalized spacial score (nSPS) is 36.1. The summed E-state index contributed by atoms with van der Waals surface area (Å²) in [7, 11) is 0. The lowest BCUT2D eigenvalue weighted by Gasteiger charge is -2.15. The lowest BCUT2D eigenvalue weighted by atomic mass is 10.1. The molecule has 7 nitrogen and oxygen atoms in total. The number of carbonyl (C=O) groups excluding carboxylic acids is 1. The Morgan fingerprint density at radius 2 is 1.88 bits per heavy atom. The smallest absolute Gasteiger partial charge is 0.331 e. The van der Waals surface area contributed by atoms with Gasteiger partial charge in [-0.2, -0.15) is 0 Å². The average Bonchev–Trinajstić information content (AvgIpc) is 2.81. The van der Waals surface area contributed by atoms with E-state index >= 15 is 0 Å². The molecule has 0 spiro atoms. The summed E-state index contributed by atoms with van der Waals surface area (Å²) < 4.78 is 15.4. The summed E-state index contributed by atoms with van der Waals surface area (Å²) in [6.45, 7) is 0.285. The van der Waals surface area contributed by atoms with E-state index in [0.29, 0.717) is 6.08 Å². The lowest BCUT2D eigenvalue weighted by molar-refractivity contribution is -0.148. The summed E-state index contributed by atoms with van der Waals surface area (Å²) in [5.74, 6) is -2.00. The van der Waals surface area contributed by atoms with Gasteiger partial charge in [-0.05, 0) is 0 Å². The fourth-order valence-corrected chi connectivity index (χ4v) is 1.87. The number of esters is 1. The zero-order chi connectivity index (χ0) is 12.4. The second-order valence-corrected chi connectivity index (χ2v) is 3.81. The topological polar surface area (TPSA) is 102 Å². The second-order valence-electron chi connectivity index (χ2n) is 3.81. The van der Waals surface area contributed by atoms with E-state index in [1.165, 1.54) is 0 Å². The van der Waals surface area contributed by atoms with Crippen LogP contribution < -0.4 is 0 Å². The first-order chi connectivity index (χ1) is 8.08. The van der Waals surface area contributed by atoms with Crippen LogP contribution in [-0.2, 0) is 23.8 Å². The second kappa shape index (κ2) is 4.82. The van der Waals surface area contributed by atoms with Gasteiger partial charge in [0, 0.05) is 12.2 Å². The minimum atomic E-state index is -1.23. The molecule has 0 amide bonds. The lowest BCUT2D eigenvalue weighted by Crippen LogP contribution is -2.33. The Kier molecular flexibility index (Phi) is 3.41. The largest absolute Gasteiger partial charge is 0.478 e. The van der Waals surface area contributed by atoms with Crippen LogP contribution in [0.15, 0.2) is 12.2 Å². The molecule has 0 aromatic rings. The van der Waals surface area contributed by atoms with E-state index in [2.05, 4.69) is 0 Å². The molecule has 94 valence electrons. The number of carbonyl (C=O) groups is 2. The van der Waals surface area contributed by atoms with Crippen molar-refractivity contribution in [3.63, 3.8) is 0 Å². The Labute approximate surface area is 96.6 Å². The van der Waals surface area contributed by atoms with Gasteiger partial charge in [0.05, 0.1) is 13.2 Å². The fourth-order valence-electron chi connectivity index (χ4n) is 1.87. The van der Waals surface area contributed by atoms with Gasteiger partial charge in [-0.1, -0.05) is 0 Å². The molecule has 0 aliphatic carbocycles. The van der Waals surface area contributed by atoms with Gasteiger partial charge in [0.15, 0.2) is 6.10 Å². The monoisotopic (exact) mass is 244 g/mol. The van der Waals surface area contributed by atoms with Crippen LogP contribution in [0.5, 0.6) is 0 Å². The molecular weight excluding hydrogens is 232 g/mol. The number of ether oxygens (including phenoxy) is 3. The van der Waals surface area contributed by atoms with Gasteiger partial charge in [0.1, 0.15) is 18.3 Å². The molecule has 0 aromatic carbocycles. The van der Waals surface area contributed by atoms with Gasteiger partial charge >= 0.3 is 11.9 Å². The van der Waals surface area contributed by atoms with Gasteiger partial charge in [-0.3, -0.25) is 0 Å². The molecule has 2 N–H and O–H groups in total. The fraction of sp³-hybridized carbons (Fsp3) is 0.600. The predicted octanol–water partition coefficient (Wildman–Crippen LogP) is -1.30. The quantitative estimate of drug-likeness (QED) is 0.469. The molecule has 2 rings (SSSR count). The van der Waals surface area contributed by atoms with Crippen LogP contribution in [0.25, 0.3) is 0 Å². The summed E-state index contributed by atoms with van der Waals surface area (Å²) in [6.07, 6.45) is -0.758. The van der Waals surface area contributed by atoms with E-state index in [1.54, 1.807) is 0 Å². The highest BCUT2D eigenvalue weighted by molar-refractivity contribution is 5.90. The zero-order valence-electron chi connectivity index (χ0n) is 8.81. The number of hydrogen-bond donors (Lipinski definition) is 2. The molecule has 0 saturated carbocycles. The van der Waals surface area contributed by atoms with Crippen LogP contribution in [0, 0.1) is 0 Å².